The summed E-state index contributed by atoms with van der Waals surface area (Å²) < 4.78 is 19.2. The summed E-state index contributed by atoms with van der Waals surface area (Å²) in [6.45, 7) is -0.0544. The molecule has 0 radical (unpaired) electrons. The molecular weight excluding hydrogens is 329 g/mol. The lowest BCUT2D eigenvalue weighted by atomic mass is 10.2. The van der Waals surface area contributed by atoms with E-state index in [1.54, 1.807) is 12.1 Å². The fourth-order valence-electron chi connectivity index (χ4n) is 1.65. The van der Waals surface area contributed by atoms with E-state index in [1.165, 1.54) is 12.1 Å². The van der Waals surface area contributed by atoms with Gasteiger partial charge in [-0.25, -0.2) is 0 Å². The summed E-state index contributed by atoms with van der Waals surface area (Å²) in [4.78, 5) is 9.89. The molecule has 0 aliphatic carbocycles. The average molecular weight is 340 g/mol. The Bertz CT molecular complexity index is 616. The number of rotatable bonds is 5. The minimum atomic E-state index is -0.852. The first-order valence-corrected chi connectivity index (χ1v) is 6.93. The van der Waals surface area contributed by atoms with Crippen LogP contribution in [0.15, 0.2) is 42.5 Å². The van der Waals surface area contributed by atoms with Crippen LogP contribution in [0.5, 0.6) is 5.75 Å². The topological polar surface area (TPSA) is 52.4 Å². The van der Waals surface area contributed by atoms with Crippen molar-refractivity contribution in [2.75, 3.05) is 0 Å². The standard InChI is InChI=1S/C14H11BrFNO3/c15-8-10-4-6-12(7-5-10)20-9-11-2-1-3-13(14(11)16)17(18)19/h1-7H,8-9H2. The quantitative estimate of drug-likeness (QED) is 0.465. The molecule has 0 unspecified atom stereocenters. The van der Waals surface area contributed by atoms with E-state index in [-0.39, 0.29) is 12.2 Å². The summed E-state index contributed by atoms with van der Waals surface area (Å²) in [5.41, 5.74) is 0.711. The highest BCUT2D eigenvalue weighted by Gasteiger charge is 2.17. The van der Waals surface area contributed by atoms with Crippen LogP contribution in [0.25, 0.3) is 0 Å². The van der Waals surface area contributed by atoms with Crippen molar-refractivity contribution in [3.63, 3.8) is 0 Å². The zero-order valence-corrected chi connectivity index (χ0v) is 12.0. The monoisotopic (exact) mass is 339 g/mol. The van der Waals surface area contributed by atoms with Crippen LogP contribution in [0.4, 0.5) is 10.1 Å². The maximum atomic E-state index is 13.8. The molecule has 0 aliphatic rings. The number of nitro benzene ring substituents is 1. The Labute approximate surface area is 123 Å². The van der Waals surface area contributed by atoms with Crippen molar-refractivity contribution in [1.29, 1.82) is 0 Å². The number of benzene rings is 2. The van der Waals surface area contributed by atoms with E-state index in [0.717, 1.165) is 17.0 Å². The number of nitrogens with zero attached hydrogens (tertiary/aromatic N) is 1. The molecule has 0 N–H and O–H groups in total. The largest absolute Gasteiger partial charge is 0.489 e. The molecule has 0 atom stereocenters. The second kappa shape index (κ2) is 6.47. The molecule has 2 rings (SSSR count). The highest BCUT2D eigenvalue weighted by Crippen LogP contribution is 2.22. The number of ether oxygens (including phenoxy) is 1. The van der Waals surface area contributed by atoms with Crippen molar-refractivity contribution in [3.05, 3.63) is 69.5 Å². The summed E-state index contributed by atoms with van der Waals surface area (Å²) in [5.74, 6) is -0.268. The van der Waals surface area contributed by atoms with Gasteiger partial charge in [-0.1, -0.05) is 40.2 Å². The van der Waals surface area contributed by atoms with Crippen molar-refractivity contribution in [2.45, 2.75) is 11.9 Å². The smallest absolute Gasteiger partial charge is 0.305 e. The maximum absolute atomic E-state index is 13.8. The van der Waals surface area contributed by atoms with Gasteiger partial charge in [0.2, 0.25) is 5.82 Å². The lowest BCUT2D eigenvalue weighted by Crippen LogP contribution is -2.01. The van der Waals surface area contributed by atoms with E-state index >= 15 is 0 Å². The van der Waals surface area contributed by atoms with Gasteiger partial charge in [0.05, 0.1) is 4.92 Å². The molecule has 0 amide bonds. The van der Waals surface area contributed by atoms with Gasteiger partial charge in [-0.15, -0.1) is 0 Å². The molecule has 0 heterocycles. The third kappa shape index (κ3) is 3.33. The summed E-state index contributed by atoms with van der Waals surface area (Å²) >= 11 is 3.33. The molecule has 0 saturated heterocycles. The van der Waals surface area contributed by atoms with Crippen LogP contribution in [0.2, 0.25) is 0 Å². The van der Waals surface area contributed by atoms with Crippen LogP contribution in [0.1, 0.15) is 11.1 Å². The summed E-state index contributed by atoms with van der Waals surface area (Å²) in [7, 11) is 0. The van der Waals surface area contributed by atoms with Gasteiger partial charge >= 0.3 is 5.69 Å². The molecule has 0 bridgehead atoms. The van der Waals surface area contributed by atoms with Gasteiger partial charge in [0.25, 0.3) is 0 Å². The molecule has 2 aromatic carbocycles. The number of hydrogen-bond donors (Lipinski definition) is 0. The van der Waals surface area contributed by atoms with Crippen LogP contribution in [-0.2, 0) is 11.9 Å². The van der Waals surface area contributed by atoms with E-state index in [1.807, 2.05) is 12.1 Å². The van der Waals surface area contributed by atoms with Crippen LogP contribution < -0.4 is 4.74 Å². The number of alkyl halides is 1. The molecule has 0 aromatic heterocycles. The summed E-state index contributed by atoms with van der Waals surface area (Å²) in [6.07, 6.45) is 0. The Morgan fingerprint density at radius 3 is 2.50 bits per heavy atom. The summed E-state index contributed by atoms with van der Waals surface area (Å²) in [5, 5.41) is 11.4. The van der Waals surface area contributed by atoms with Gasteiger partial charge in [-0.05, 0) is 17.7 Å². The van der Waals surface area contributed by atoms with Crippen LogP contribution >= 0.6 is 15.9 Å². The normalized spacial score (nSPS) is 10.3. The molecule has 6 heteroatoms. The van der Waals surface area contributed by atoms with E-state index in [0.29, 0.717) is 5.75 Å². The average Bonchev–Trinajstić information content (AvgIpc) is 2.46. The third-order valence-electron chi connectivity index (χ3n) is 2.73. The second-order valence-corrected chi connectivity index (χ2v) is 4.63. The molecule has 0 aliphatic heterocycles. The molecule has 0 spiro atoms. The maximum Gasteiger partial charge on any atom is 0.305 e. The first-order chi connectivity index (χ1) is 9.61. The highest BCUT2D eigenvalue weighted by molar-refractivity contribution is 9.08. The Kier molecular flexibility index (Phi) is 4.68. The van der Waals surface area contributed by atoms with Crippen LogP contribution in [0, 0.1) is 15.9 Å². The zero-order valence-electron chi connectivity index (χ0n) is 10.4. The van der Waals surface area contributed by atoms with Gasteiger partial charge in [-0.2, -0.15) is 4.39 Å². The Morgan fingerprint density at radius 1 is 1.20 bits per heavy atom. The minimum absolute atomic E-state index is 0.0544. The first-order valence-electron chi connectivity index (χ1n) is 5.81. The van der Waals surface area contributed by atoms with Crippen molar-refractivity contribution in [1.82, 2.24) is 0 Å². The molecule has 2 aromatic rings. The molecule has 4 nitrogen and oxygen atoms in total. The number of halogens is 2. The lowest BCUT2D eigenvalue weighted by Gasteiger charge is -2.07. The first kappa shape index (κ1) is 14.5. The number of hydrogen-bond acceptors (Lipinski definition) is 3. The van der Waals surface area contributed by atoms with Gasteiger partial charge in [0.1, 0.15) is 12.4 Å². The van der Waals surface area contributed by atoms with Crippen molar-refractivity contribution in [3.8, 4) is 5.75 Å². The van der Waals surface area contributed by atoms with E-state index in [2.05, 4.69) is 15.9 Å². The van der Waals surface area contributed by atoms with Crippen molar-refractivity contribution in [2.24, 2.45) is 0 Å². The fourth-order valence-corrected chi connectivity index (χ4v) is 2.03. The molecule has 20 heavy (non-hydrogen) atoms. The Hall–Kier alpha value is -1.95. The summed E-state index contributed by atoms with van der Waals surface area (Å²) in [6, 6.07) is 11.3. The Balaban J connectivity index is 2.10. The van der Waals surface area contributed by atoms with Gasteiger partial charge in [-0.3, -0.25) is 10.1 Å². The van der Waals surface area contributed by atoms with Crippen molar-refractivity contribution < 1.29 is 14.1 Å². The predicted molar refractivity (Wildman–Crippen MR) is 76.5 cm³/mol. The van der Waals surface area contributed by atoms with E-state index in [9.17, 15) is 14.5 Å². The molecular formula is C14H11BrFNO3. The lowest BCUT2D eigenvalue weighted by molar-refractivity contribution is -0.387. The van der Waals surface area contributed by atoms with E-state index < -0.39 is 16.4 Å². The van der Waals surface area contributed by atoms with Gasteiger partial charge in [0.15, 0.2) is 0 Å². The zero-order chi connectivity index (χ0) is 14.5. The predicted octanol–water partition coefficient (Wildman–Crippen LogP) is 4.21. The Morgan fingerprint density at radius 2 is 1.90 bits per heavy atom. The highest BCUT2D eigenvalue weighted by atomic mass is 79.9. The number of nitro groups is 1. The molecule has 104 valence electrons. The second-order valence-electron chi connectivity index (χ2n) is 4.07. The fraction of sp³-hybridized carbons (Fsp3) is 0.143. The molecule has 0 saturated carbocycles. The minimum Gasteiger partial charge on any atom is -0.489 e. The van der Waals surface area contributed by atoms with E-state index in [4.69, 9.17) is 4.74 Å². The van der Waals surface area contributed by atoms with Crippen molar-refractivity contribution >= 4 is 21.6 Å². The van der Waals surface area contributed by atoms with Gasteiger partial charge in [0, 0.05) is 17.0 Å². The van der Waals surface area contributed by atoms with Gasteiger partial charge < -0.3 is 4.74 Å². The molecule has 0 fully saturated rings. The third-order valence-corrected chi connectivity index (χ3v) is 3.37. The SMILES string of the molecule is O=[N+]([O-])c1cccc(COc2ccc(CBr)cc2)c1F. The van der Waals surface area contributed by atoms with Crippen LogP contribution in [0.3, 0.4) is 0 Å². The van der Waals surface area contributed by atoms with Crippen LogP contribution in [-0.4, -0.2) is 4.92 Å².